The van der Waals surface area contributed by atoms with Crippen LogP contribution in [0.1, 0.15) is 54.1 Å². The summed E-state index contributed by atoms with van der Waals surface area (Å²) in [6, 6.07) is 10.3. The summed E-state index contributed by atoms with van der Waals surface area (Å²) in [5.74, 6) is -1.71. The van der Waals surface area contributed by atoms with Crippen molar-refractivity contribution in [2.45, 2.75) is 43.9 Å². The second-order valence-corrected chi connectivity index (χ2v) is 10.6. The second-order valence-electron chi connectivity index (χ2n) is 8.30. The fraction of sp³-hybridized carbons (Fsp3) is 0.417. The van der Waals surface area contributed by atoms with Gasteiger partial charge >= 0.3 is 0 Å². The fourth-order valence-electron chi connectivity index (χ4n) is 3.98. The molecule has 1 saturated carbocycles. The molecule has 0 heterocycles. The van der Waals surface area contributed by atoms with E-state index in [1.807, 2.05) is 37.9 Å². The number of carbonyl (C=O) groups is 2. The Bertz CT molecular complexity index is 1020. The molecule has 2 aromatic carbocycles. The van der Waals surface area contributed by atoms with Crippen molar-refractivity contribution in [1.29, 1.82) is 0 Å². The first-order valence-electron chi connectivity index (χ1n) is 10.9. The first-order valence-corrected chi connectivity index (χ1v) is 12.4. The van der Waals surface area contributed by atoms with Crippen molar-refractivity contribution in [1.82, 2.24) is 10.4 Å². The molecule has 0 bridgehead atoms. The third-order valence-corrected chi connectivity index (χ3v) is 6.97. The Balaban J connectivity index is 1.74. The summed E-state index contributed by atoms with van der Waals surface area (Å²) < 4.78 is -1.24. The number of halogens is 4. The Morgan fingerprint density at radius 3 is 2.30 bits per heavy atom. The van der Waals surface area contributed by atoms with E-state index in [-0.39, 0.29) is 23.3 Å². The first-order chi connectivity index (χ1) is 15.6. The molecule has 0 radical (unpaired) electrons. The zero-order valence-electron chi connectivity index (χ0n) is 18.7. The number of alkyl halides is 2. The van der Waals surface area contributed by atoms with E-state index in [0.717, 1.165) is 37.1 Å². The molecule has 0 aliphatic heterocycles. The third kappa shape index (κ3) is 6.14. The van der Waals surface area contributed by atoms with Crippen LogP contribution in [0.4, 0.5) is 5.69 Å². The Morgan fingerprint density at radius 2 is 1.70 bits per heavy atom. The van der Waals surface area contributed by atoms with Crippen LogP contribution in [0.5, 0.6) is 0 Å². The van der Waals surface area contributed by atoms with Crippen LogP contribution in [-0.2, 0) is 4.79 Å². The van der Waals surface area contributed by atoms with Gasteiger partial charge in [0, 0.05) is 29.7 Å². The van der Waals surface area contributed by atoms with E-state index < -0.39 is 10.3 Å². The van der Waals surface area contributed by atoms with Gasteiger partial charge in [0.05, 0.1) is 16.5 Å². The summed E-state index contributed by atoms with van der Waals surface area (Å²) in [7, 11) is 0. The number of carbonyl (C=O) groups excluding carboxylic acids is 2. The lowest BCUT2D eigenvalue weighted by molar-refractivity contribution is -0.117. The maximum Gasteiger partial charge on any atom is 0.267 e. The number of hydrazine groups is 1. The quantitative estimate of drug-likeness (QED) is 0.284. The standard InChI is InChI=1S/C24H27Cl4N3O2/c1-4-8-31(9-5-2)30-22(32)18-13-17(6-7-19(18)26)29-23(33)21-20(24(21,27)28)15-10-14(3)11-16(25)12-15/h6-7,10-13,20-21H,4-5,8-9H2,1-3H3,(H,29,33)(H,30,32). The minimum Gasteiger partial charge on any atom is -0.326 e. The van der Waals surface area contributed by atoms with Crippen molar-refractivity contribution in [3.8, 4) is 0 Å². The maximum atomic E-state index is 13.0. The SMILES string of the molecule is CCCN(CCC)NC(=O)c1cc(NC(=O)C2C(c3cc(C)cc(Cl)c3)C2(Cl)Cl)ccc1Cl. The molecule has 178 valence electrons. The number of hydrogen-bond donors (Lipinski definition) is 2. The summed E-state index contributed by atoms with van der Waals surface area (Å²) in [5, 5.41) is 5.54. The van der Waals surface area contributed by atoms with Crippen LogP contribution in [0.25, 0.3) is 0 Å². The number of nitrogens with one attached hydrogen (secondary N) is 2. The van der Waals surface area contributed by atoms with Crippen molar-refractivity contribution in [3.63, 3.8) is 0 Å². The van der Waals surface area contributed by atoms with Crippen LogP contribution < -0.4 is 10.7 Å². The Morgan fingerprint density at radius 1 is 1.03 bits per heavy atom. The van der Waals surface area contributed by atoms with Crippen LogP contribution in [0.15, 0.2) is 36.4 Å². The van der Waals surface area contributed by atoms with Crippen molar-refractivity contribution < 1.29 is 9.59 Å². The Kier molecular flexibility index (Phi) is 8.57. The number of nitrogens with zero attached hydrogens (tertiary/aromatic N) is 1. The molecule has 3 rings (SSSR count). The number of rotatable bonds is 9. The van der Waals surface area contributed by atoms with E-state index in [0.29, 0.717) is 15.7 Å². The molecule has 33 heavy (non-hydrogen) atoms. The largest absolute Gasteiger partial charge is 0.326 e. The van der Waals surface area contributed by atoms with E-state index in [4.69, 9.17) is 46.4 Å². The highest BCUT2D eigenvalue weighted by Gasteiger charge is 2.67. The zero-order chi connectivity index (χ0) is 24.3. The molecule has 0 saturated heterocycles. The molecular weight excluding hydrogens is 504 g/mol. The predicted octanol–water partition coefficient (Wildman–Crippen LogP) is 6.59. The second kappa shape index (κ2) is 10.8. The molecular formula is C24H27Cl4N3O2. The Labute approximate surface area is 214 Å². The van der Waals surface area contributed by atoms with Crippen LogP contribution in [-0.4, -0.2) is 34.2 Å². The minimum atomic E-state index is -1.24. The monoisotopic (exact) mass is 529 g/mol. The first kappa shape index (κ1) is 26.1. The molecule has 1 aliphatic rings. The highest BCUT2D eigenvalue weighted by molar-refractivity contribution is 6.53. The average Bonchev–Trinajstić information content (AvgIpc) is 3.31. The highest BCUT2D eigenvalue weighted by Crippen LogP contribution is 2.65. The summed E-state index contributed by atoms with van der Waals surface area (Å²) in [6.45, 7) is 7.46. The highest BCUT2D eigenvalue weighted by atomic mass is 35.5. The van der Waals surface area contributed by atoms with Gasteiger partial charge in [-0.05, 0) is 61.2 Å². The lowest BCUT2D eigenvalue weighted by Gasteiger charge is -2.22. The third-order valence-electron chi connectivity index (χ3n) is 5.48. The predicted molar refractivity (Wildman–Crippen MR) is 137 cm³/mol. The van der Waals surface area contributed by atoms with E-state index in [9.17, 15) is 9.59 Å². The normalized spacial score (nSPS) is 18.8. The van der Waals surface area contributed by atoms with Crippen LogP contribution >= 0.6 is 46.4 Å². The van der Waals surface area contributed by atoms with Gasteiger partial charge in [-0.1, -0.05) is 43.1 Å². The molecule has 2 N–H and O–H groups in total. The van der Waals surface area contributed by atoms with Crippen molar-refractivity contribution >= 4 is 63.9 Å². The lowest BCUT2D eigenvalue weighted by Crippen LogP contribution is -2.43. The van der Waals surface area contributed by atoms with Gasteiger partial charge in [0.1, 0.15) is 4.33 Å². The van der Waals surface area contributed by atoms with Gasteiger partial charge in [-0.15, -0.1) is 23.2 Å². The van der Waals surface area contributed by atoms with E-state index in [1.54, 1.807) is 24.3 Å². The smallest absolute Gasteiger partial charge is 0.267 e. The molecule has 5 nitrogen and oxygen atoms in total. The number of benzene rings is 2. The summed E-state index contributed by atoms with van der Waals surface area (Å²) >= 11 is 25.4. The number of amides is 2. The molecule has 2 atom stereocenters. The lowest BCUT2D eigenvalue weighted by atomic mass is 10.1. The van der Waals surface area contributed by atoms with Crippen molar-refractivity contribution in [2.75, 3.05) is 18.4 Å². The van der Waals surface area contributed by atoms with Gasteiger partial charge in [0.2, 0.25) is 5.91 Å². The van der Waals surface area contributed by atoms with Gasteiger partial charge in [0.15, 0.2) is 0 Å². The van der Waals surface area contributed by atoms with E-state index >= 15 is 0 Å². The van der Waals surface area contributed by atoms with Crippen LogP contribution in [0, 0.1) is 12.8 Å². The number of aryl methyl sites for hydroxylation is 1. The summed E-state index contributed by atoms with van der Waals surface area (Å²) in [6.07, 6.45) is 1.80. The van der Waals surface area contributed by atoms with Crippen molar-refractivity contribution in [2.24, 2.45) is 5.92 Å². The van der Waals surface area contributed by atoms with Gasteiger partial charge in [-0.3, -0.25) is 15.0 Å². The molecule has 1 fully saturated rings. The van der Waals surface area contributed by atoms with Gasteiger partial charge < -0.3 is 5.32 Å². The number of anilines is 1. The van der Waals surface area contributed by atoms with Gasteiger partial charge in [-0.2, -0.15) is 0 Å². The molecule has 0 aromatic heterocycles. The molecule has 0 spiro atoms. The number of hydrogen-bond acceptors (Lipinski definition) is 3. The molecule has 1 aliphatic carbocycles. The minimum absolute atomic E-state index is 0.271. The van der Waals surface area contributed by atoms with E-state index in [1.165, 1.54) is 0 Å². The van der Waals surface area contributed by atoms with Gasteiger partial charge in [0.25, 0.3) is 5.91 Å². The maximum absolute atomic E-state index is 13.0. The zero-order valence-corrected chi connectivity index (χ0v) is 21.7. The summed E-state index contributed by atoms with van der Waals surface area (Å²) in [4.78, 5) is 25.8. The van der Waals surface area contributed by atoms with Gasteiger partial charge in [-0.25, -0.2) is 5.01 Å². The average molecular weight is 531 g/mol. The van der Waals surface area contributed by atoms with Crippen molar-refractivity contribution in [3.05, 3.63) is 63.1 Å². The fourth-order valence-corrected chi connectivity index (χ4v) is 5.31. The molecule has 2 aromatic rings. The topological polar surface area (TPSA) is 61.4 Å². The summed E-state index contributed by atoms with van der Waals surface area (Å²) in [5.41, 5.74) is 5.36. The van der Waals surface area contributed by atoms with Crippen LogP contribution in [0.3, 0.4) is 0 Å². The Hall–Kier alpha value is -1.50. The van der Waals surface area contributed by atoms with E-state index in [2.05, 4.69) is 10.7 Å². The van der Waals surface area contributed by atoms with Crippen LogP contribution in [0.2, 0.25) is 10.0 Å². The molecule has 9 heteroatoms. The molecule has 2 unspecified atom stereocenters. The molecule has 2 amide bonds.